The van der Waals surface area contributed by atoms with E-state index in [9.17, 15) is 9.90 Å². The van der Waals surface area contributed by atoms with Gasteiger partial charge in [0.15, 0.2) is 0 Å². The fourth-order valence-electron chi connectivity index (χ4n) is 2.97. The number of hydrogen-bond acceptors (Lipinski definition) is 6. The molecule has 138 valence electrons. The van der Waals surface area contributed by atoms with Crippen molar-refractivity contribution in [1.82, 2.24) is 9.97 Å². The van der Waals surface area contributed by atoms with Gasteiger partial charge in [0.1, 0.15) is 11.4 Å². The van der Waals surface area contributed by atoms with Gasteiger partial charge in [-0.1, -0.05) is 0 Å². The van der Waals surface area contributed by atoms with Gasteiger partial charge in [-0.3, -0.25) is 4.79 Å². The van der Waals surface area contributed by atoms with Gasteiger partial charge in [-0.15, -0.1) is 0 Å². The lowest BCUT2D eigenvalue weighted by Gasteiger charge is -2.12. The van der Waals surface area contributed by atoms with Crippen molar-refractivity contribution in [2.45, 2.75) is 6.42 Å². The van der Waals surface area contributed by atoms with E-state index in [0.29, 0.717) is 24.1 Å². The Kier molecular flexibility index (Phi) is 4.84. The minimum absolute atomic E-state index is 0.0152. The van der Waals surface area contributed by atoms with Gasteiger partial charge in [0.25, 0.3) is 5.91 Å². The number of nitrogens with one attached hydrogen (secondary N) is 1. The average Bonchev–Trinajstić information content (AvgIpc) is 3.20. The first kappa shape index (κ1) is 17.2. The SMILES string of the molecule is O=C(Nc1ccc2c(OCC3CCOC3)nccc2c1)c1ccc(O)cn1. The normalized spacial score (nSPS) is 16.4. The minimum Gasteiger partial charge on any atom is -0.506 e. The molecule has 1 fully saturated rings. The highest BCUT2D eigenvalue weighted by molar-refractivity contribution is 6.04. The van der Waals surface area contributed by atoms with E-state index in [0.717, 1.165) is 30.4 Å². The number of carbonyl (C=O) groups is 1. The van der Waals surface area contributed by atoms with Crippen LogP contribution >= 0.6 is 0 Å². The molecule has 1 amide bonds. The second-order valence-corrected chi connectivity index (χ2v) is 6.45. The Morgan fingerprint density at radius 2 is 2.19 bits per heavy atom. The molecule has 1 saturated heterocycles. The van der Waals surface area contributed by atoms with Crippen LogP contribution < -0.4 is 10.1 Å². The Labute approximate surface area is 156 Å². The maximum atomic E-state index is 12.3. The number of nitrogens with zero attached hydrogens (tertiary/aromatic N) is 2. The molecule has 1 aromatic carbocycles. The van der Waals surface area contributed by atoms with Gasteiger partial charge in [-0.05, 0) is 48.2 Å². The molecule has 1 atom stereocenters. The summed E-state index contributed by atoms with van der Waals surface area (Å²) in [6.07, 6.45) is 3.93. The van der Waals surface area contributed by atoms with Crippen molar-refractivity contribution in [2.75, 3.05) is 25.1 Å². The number of aromatic nitrogens is 2. The van der Waals surface area contributed by atoms with Crippen LogP contribution in [0, 0.1) is 5.92 Å². The Morgan fingerprint density at radius 3 is 2.96 bits per heavy atom. The molecule has 3 aromatic rings. The molecule has 27 heavy (non-hydrogen) atoms. The van der Waals surface area contributed by atoms with E-state index < -0.39 is 0 Å². The molecule has 0 bridgehead atoms. The van der Waals surface area contributed by atoms with Crippen molar-refractivity contribution in [3.05, 3.63) is 54.5 Å². The van der Waals surface area contributed by atoms with E-state index in [1.165, 1.54) is 18.3 Å². The third-order valence-electron chi connectivity index (χ3n) is 4.45. The Morgan fingerprint density at radius 1 is 1.26 bits per heavy atom. The Balaban J connectivity index is 1.50. The summed E-state index contributed by atoms with van der Waals surface area (Å²) in [6, 6.07) is 10.3. The quantitative estimate of drug-likeness (QED) is 0.722. The van der Waals surface area contributed by atoms with Crippen LogP contribution in [0.2, 0.25) is 0 Å². The third-order valence-corrected chi connectivity index (χ3v) is 4.45. The third kappa shape index (κ3) is 3.98. The molecular formula is C20H19N3O4. The highest BCUT2D eigenvalue weighted by Gasteiger charge is 2.17. The zero-order valence-corrected chi connectivity index (χ0v) is 14.6. The number of anilines is 1. The Bertz CT molecular complexity index is 953. The van der Waals surface area contributed by atoms with Gasteiger partial charge in [0, 0.05) is 29.8 Å². The number of rotatable bonds is 5. The second-order valence-electron chi connectivity index (χ2n) is 6.45. The first-order chi connectivity index (χ1) is 13.2. The molecule has 1 aliphatic heterocycles. The van der Waals surface area contributed by atoms with Gasteiger partial charge in [-0.2, -0.15) is 0 Å². The average molecular weight is 365 g/mol. The van der Waals surface area contributed by atoms with Crippen molar-refractivity contribution in [1.29, 1.82) is 0 Å². The number of pyridine rings is 2. The minimum atomic E-state index is -0.346. The maximum absolute atomic E-state index is 12.3. The molecule has 1 aliphatic rings. The van der Waals surface area contributed by atoms with E-state index in [1.54, 1.807) is 12.3 Å². The fraction of sp³-hybridized carbons (Fsp3) is 0.250. The number of amides is 1. The monoisotopic (exact) mass is 365 g/mol. The van der Waals surface area contributed by atoms with Gasteiger partial charge in [0.2, 0.25) is 5.88 Å². The van der Waals surface area contributed by atoms with Crippen molar-refractivity contribution in [3.8, 4) is 11.6 Å². The Hall–Kier alpha value is -3.19. The molecular weight excluding hydrogens is 346 g/mol. The van der Waals surface area contributed by atoms with E-state index in [2.05, 4.69) is 15.3 Å². The number of benzene rings is 1. The van der Waals surface area contributed by atoms with E-state index in [4.69, 9.17) is 9.47 Å². The lowest BCUT2D eigenvalue weighted by Crippen LogP contribution is -2.13. The van der Waals surface area contributed by atoms with Crippen LogP contribution in [0.1, 0.15) is 16.9 Å². The highest BCUT2D eigenvalue weighted by atomic mass is 16.5. The summed E-state index contributed by atoms with van der Waals surface area (Å²) in [5.74, 6) is 0.651. The van der Waals surface area contributed by atoms with E-state index >= 15 is 0 Å². The summed E-state index contributed by atoms with van der Waals surface area (Å²) in [6.45, 7) is 2.10. The van der Waals surface area contributed by atoms with Gasteiger partial charge in [-0.25, -0.2) is 9.97 Å². The topological polar surface area (TPSA) is 93.6 Å². The number of hydrogen-bond donors (Lipinski definition) is 2. The van der Waals surface area contributed by atoms with Crippen molar-refractivity contribution < 1.29 is 19.4 Å². The molecule has 0 aliphatic carbocycles. The predicted molar refractivity (Wildman–Crippen MR) is 100 cm³/mol. The lowest BCUT2D eigenvalue weighted by atomic mass is 10.1. The van der Waals surface area contributed by atoms with Crippen LogP contribution in [0.15, 0.2) is 48.8 Å². The van der Waals surface area contributed by atoms with Crippen LogP contribution in [-0.2, 0) is 4.74 Å². The molecule has 7 nitrogen and oxygen atoms in total. The van der Waals surface area contributed by atoms with E-state index in [-0.39, 0.29) is 17.4 Å². The maximum Gasteiger partial charge on any atom is 0.274 e. The summed E-state index contributed by atoms with van der Waals surface area (Å²) >= 11 is 0. The number of fused-ring (bicyclic) bond motifs is 1. The summed E-state index contributed by atoms with van der Waals surface area (Å²) < 4.78 is 11.3. The van der Waals surface area contributed by atoms with Crippen LogP contribution in [-0.4, -0.2) is 40.8 Å². The van der Waals surface area contributed by atoms with Gasteiger partial charge in [0.05, 0.1) is 19.4 Å². The van der Waals surface area contributed by atoms with Crippen LogP contribution in [0.3, 0.4) is 0 Å². The summed E-state index contributed by atoms with van der Waals surface area (Å²) in [5, 5.41) is 13.9. The summed E-state index contributed by atoms with van der Waals surface area (Å²) in [4.78, 5) is 20.5. The summed E-state index contributed by atoms with van der Waals surface area (Å²) in [5.41, 5.74) is 0.870. The zero-order chi connectivity index (χ0) is 18.6. The molecule has 2 aromatic heterocycles. The van der Waals surface area contributed by atoms with Crippen LogP contribution in [0.4, 0.5) is 5.69 Å². The fourth-order valence-corrected chi connectivity index (χ4v) is 2.97. The smallest absolute Gasteiger partial charge is 0.274 e. The molecule has 1 unspecified atom stereocenters. The molecule has 4 rings (SSSR count). The van der Waals surface area contributed by atoms with Crippen molar-refractivity contribution in [3.63, 3.8) is 0 Å². The van der Waals surface area contributed by atoms with Crippen molar-refractivity contribution >= 4 is 22.4 Å². The van der Waals surface area contributed by atoms with Gasteiger partial charge < -0.3 is 19.9 Å². The predicted octanol–water partition coefficient (Wildman–Crippen LogP) is 3.00. The van der Waals surface area contributed by atoms with Crippen molar-refractivity contribution in [2.24, 2.45) is 5.92 Å². The molecule has 0 saturated carbocycles. The van der Waals surface area contributed by atoms with Crippen LogP contribution in [0.25, 0.3) is 10.8 Å². The molecule has 7 heteroatoms. The first-order valence-corrected chi connectivity index (χ1v) is 8.75. The number of carbonyl (C=O) groups excluding carboxylic acids is 1. The zero-order valence-electron chi connectivity index (χ0n) is 14.6. The standard InChI is InChI=1S/C20H19N3O4/c24-16-2-4-18(22-10-16)19(25)23-15-1-3-17-14(9-15)5-7-21-20(17)27-12-13-6-8-26-11-13/h1-5,7,9-10,13,24H,6,8,11-12H2,(H,23,25). The largest absolute Gasteiger partial charge is 0.506 e. The number of ether oxygens (including phenoxy) is 2. The van der Waals surface area contributed by atoms with Crippen LogP contribution in [0.5, 0.6) is 11.6 Å². The lowest BCUT2D eigenvalue weighted by molar-refractivity contribution is 0.102. The first-order valence-electron chi connectivity index (χ1n) is 8.75. The highest BCUT2D eigenvalue weighted by Crippen LogP contribution is 2.27. The molecule has 0 radical (unpaired) electrons. The molecule has 2 N–H and O–H groups in total. The van der Waals surface area contributed by atoms with Gasteiger partial charge >= 0.3 is 0 Å². The van der Waals surface area contributed by atoms with E-state index in [1.807, 2.05) is 18.2 Å². The number of aromatic hydroxyl groups is 1. The molecule has 3 heterocycles. The molecule has 0 spiro atoms. The summed E-state index contributed by atoms with van der Waals surface area (Å²) in [7, 11) is 0. The second kappa shape index (κ2) is 7.59.